The molecule has 0 saturated heterocycles. The quantitative estimate of drug-likeness (QED) is 0.465. The summed E-state index contributed by atoms with van der Waals surface area (Å²) in [6.45, 7) is 8.17. The highest BCUT2D eigenvalue weighted by Gasteiger charge is 2.60. The molecule has 4 nitrogen and oxygen atoms in total. The SMILES string of the molecule is CC(C)C1=CC[C@@]2(C)[C@H](O)C[C@@H](O)[C@](C)(OC(=O)/C=C/c3ccccc3)[C@@H]2C1. The molecule has 4 heteroatoms. The lowest BCUT2D eigenvalue weighted by Crippen LogP contribution is -2.64. The third-order valence-corrected chi connectivity index (χ3v) is 6.87. The summed E-state index contributed by atoms with van der Waals surface area (Å²) in [4.78, 5) is 12.6. The number of carbonyl (C=O) groups excluding carboxylic acids is 1. The van der Waals surface area contributed by atoms with E-state index >= 15 is 0 Å². The third kappa shape index (κ3) is 3.81. The first-order valence-electron chi connectivity index (χ1n) is 10.2. The highest BCUT2D eigenvalue weighted by molar-refractivity contribution is 5.87. The van der Waals surface area contributed by atoms with E-state index in [1.807, 2.05) is 44.2 Å². The Morgan fingerprint density at radius 3 is 2.50 bits per heavy atom. The number of fused-ring (bicyclic) bond motifs is 1. The minimum Gasteiger partial charge on any atom is -0.453 e. The summed E-state index contributed by atoms with van der Waals surface area (Å²) in [5.41, 5.74) is 0.749. The molecule has 0 bridgehead atoms. The van der Waals surface area contributed by atoms with Crippen LogP contribution in [-0.4, -0.2) is 34.0 Å². The van der Waals surface area contributed by atoms with Crippen LogP contribution in [0.1, 0.15) is 52.5 Å². The number of aliphatic hydroxyl groups excluding tert-OH is 2. The first-order valence-corrected chi connectivity index (χ1v) is 10.2. The lowest BCUT2D eigenvalue weighted by Gasteiger charge is -2.57. The maximum Gasteiger partial charge on any atom is 0.331 e. The highest BCUT2D eigenvalue weighted by atomic mass is 16.6. The van der Waals surface area contributed by atoms with Gasteiger partial charge in [0, 0.05) is 23.8 Å². The fraction of sp³-hybridized carbons (Fsp3) is 0.542. The predicted octanol–water partition coefficient (Wildman–Crippen LogP) is 4.13. The molecule has 0 unspecified atom stereocenters. The Morgan fingerprint density at radius 2 is 1.86 bits per heavy atom. The number of benzene rings is 1. The van der Waals surface area contributed by atoms with E-state index in [-0.39, 0.29) is 12.3 Å². The van der Waals surface area contributed by atoms with Crippen molar-refractivity contribution in [2.24, 2.45) is 17.3 Å². The van der Waals surface area contributed by atoms with E-state index in [0.717, 1.165) is 12.0 Å². The van der Waals surface area contributed by atoms with Gasteiger partial charge < -0.3 is 14.9 Å². The van der Waals surface area contributed by atoms with Gasteiger partial charge in [-0.05, 0) is 37.3 Å². The molecule has 3 rings (SSSR count). The van der Waals surface area contributed by atoms with Gasteiger partial charge in [0.2, 0.25) is 0 Å². The summed E-state index contributed by atoms with van der Waals surface area (Å²) < 4.78 is 5.91. The van der Waals surface area contributed by atoms with Crippen LogP contribution in [0.2, 0.25) is 0 Å². The molecule has 2 N–H and O–H groups in total. The van der Waals surface area contributed by atoms with Crippen molar-refractivity contribution in [1.82, 2.24) is 0 Å². The van der Waals surface area contributed by atoms with Gasteiger partial charge in [-0.1, -0.05) is 62.8 Å². The van der Waals surface area contributed by atoms with Gasteiger partial charge in [-0.2, -0.15) is 0 Å². The van der Waals surface area contributed by atoms with Gasteiger partial charge in [-0.25, -0.2) is 4.79 Å². The van der Waals surface area contributed by atoms with Crippen molar-refractivity contribution in [3.05, 3.63) is 53.6 Å². The van der Waals surface area contributed by atoms with Gasteiger partial charge in [-0.15, -0.1) is 0 Å². The van der Waals surface area contributed by atoms with Crippen LogP contribution in [0.4, 0.5) is 0 Å². The van der Waals surface area contributed by atoms with Crippen molar-refractivity contribution in [2.45, 2.75) is 64.8 Å². The number of esters is 1. The summed E-state index contributed by atoms with van der Waals surface area (Å²) >= 11 is 0. The first-order chi connectivity index (χ1) is 13.2. The Balaban J connectivity index is 1.85. The summed E-state index contributed by atoms with van der Waals surface area (Å²) in [5.74, 6) is -0.223. The smallest absolute Gasteiger partial charge is 0.331 e. The number of rotatable bonds is 4. The molecule has 1 aromatic carbocycles. The van der Waals surface area contributed by atoms with Crippen molar-refractivity contribution in [3.8, 4) is 0 Å². The predicted molar refractivity (Wildman–Crippen MR) is 110 cm³/mol. The van der Waals surface area contributed by atoms with Crippen molar-refractivity contribution >= 4 is 12.0 Å². The topological polar surface area (TPSA) is 66.8 Å². The van der Waals surface area contributed by atoms with E-state index < -0.39 is 29.2 Å². The summed E-state index contributed by atoms with van der Waals surface area (Å²) in [6, 6.07) is 9.56. The number of aliphatic hydroxyl groups is 2. The molecule has 0 heterocycles. The van der Waals surface area contributed by atoms with Crippen molar-refractivity contribution in [2.75, 3.05) is 0 Å². The molecule has 28 heavy (non-hydrogen) atoms. The second-order valence-electron chi connectivity index (χ2n) is 9.02. The van der Waals surface area contributed by atoms with E-state index in [4.69, 9.17) is 4.74 Å². The minimum atomic E-state index is -1.04. The molecule has 0 spiro atoms. The van der Waals surface area contributed by atoms with Crippen LogP contribution in [0.5, 0.6) is 0 Å². The molecule has 152 valence electrons. The molecule has 0 aliphatic heterocycles. The maximum absolute atomic E-state index is 12.6. The number of allylic oxidation sites excluding steroid dienone is 2. The fourth-order valence-electron chi connectivity index (χ4n) is 4.81. The van der Waals surface area contributed by atoms with Gasteiger partial charge in [0.25, 0.3) is 0 Å². The van der Waals surface area contributed by atoms with Crippen molar-refractivity contribution in [1.29, 1.82) is 0 Å². The average Bonchev–Trinajstić information content (AvgIpc) is 2.66. The van der Waals surface area contributed by atoms with Crippen LogP contribution in [0, 0.1) is 17.3 Å². The minimum absolute atomic E-state index is 0.143. The van der Waals surface area contributed by atoms with Crippen LogP contribution >= 0.6 is 0 Å². The van der Waals surface area contributed by atoms with Crippen LogP contribution < -0.4 is 0 Å². The van der Waals surface area contributed by atoms with E-state index in [2.05, 4.69) is 19.9 Å². The average molecular weight is 385 g/mol. The monoisotopic (exact) mass is 384 g/mol. The molecule has 2 aliphatic rings. The molecule has 1 fully saturated rings. The Morgan fingerprint density at radius 1 is 1.18 bits per heavy atom. The second kappa shape index (κ2) is 7.84. The van der Waals surface area contributed by atoms with Crippen LogP contribution in [0.15, 0.2) is 48.1 Å². The Kier molecular flexibility index (Phi) is 5.83. The largest absolute Gasteiger partial charge is 0.453 e. The zero-order valence-corrected chi connectivity index (χ0v) is 17.3. The Labute approximate surface area is 167 Å². The second-order valence-corrected chi connectivity index (χ2v) is 9.02. The van der Waals surface area contributed by atoms with Crippen molar-refractivity contribution in [3.63, 3.8) is 0 Å². The molecule has 1 saturated carbocycles. The number of carbonyl (C=O) groups is 1. The lowest BCUT2D eigenvalue weighted by atomic mass is 9.53. The molecule has 5 atom stereocenters. The van der Waals surface area contributed by atoms with Gasteiger partial charge >= 0.3 is 5.97 Å². The summed E-state index contributed by atoms with van der Waals surface area (Å²) in [5, 5.41) is 21.6. The van der Waals surface area contributed by atoms with Gasteiger partial charge in [0.1, 0.15) is 5.60 Å². The molecular formula is C24H32O4. The van der Waals surface area contributed by atoms with E-state index in [1.54, 1.807) is 6.08 Å². The lowest BCUT2D eigenvalue weighted by molar-refractivity contribution is -0.225. The maximum atomic E-state index is 12.6. The Bertz CT molecular complexity index is 766. The number of ether oxygens (including phenoxy) is 1. The first kappa shape index (κ1) is 20.8. The van der Waals surface area contributed by atoms with E-state index in [0.29, 0.717) is 12.3 Å². The van der Waals surface area contributed by atoms with E-state index in [1.165, 1.54) is 11.6 Å². The zero-order valence-electron chi connectivity index (χ0n) is 17.3. The molecule has 0 amide bonds. The standard InChI is InChI=1S/C24H32O4/c1-16(2)18-12-13-23(3)19(14-18)24(4,21(26)15-20(23)25)28-22(27)11-10-17-8-6-5-7-9-17/h5-12,16,19-21,25-26H,13-15H2,1-4H3/b11-10+/t19-,20-,21-,23-,24-/m1/s1. The number of hydrogen-bond donors (Lipinski definition) is 2. The fourth-order valence-corrected chi connectivity index (χ4v) is 4.81. The molecule has 1 aromatic rings. The van der Waals surface area contributed by atoms with E-state index in [9.17, 15) is 15.0 Å². The normalized spacial score (nSPS) is 35.5. The van der Waals surface area contributed by atoms with Gasteiger partial charge in [0.05, 0.1) is 12.2 Å². The molecule has 2 aliphatic carbocycles. The summed E-state index contributed by atoms with van der Waals surface area (Å²) in [6.07, 6.45) is 5.49. The van der Waals surface area contributed by atoms with Crippen LogP contribution in [-0.2, 0) is 9.53 Å². The highest BCUT2D eigenvalue weighted by Crippen LogP contribution is 2.55. The molecule has 0 radical (unpaired) electrons. The number of hydrogen-bond acceptors (Lipinski definition) is 4. The zero-order chi connectivity index (χ0) is 20.5. The van der Waals surface area contributed by atoms with Crippen LogP contribution in [0.3, 0.4) is 0 Å². The third-order valence-electron chi connectivity index (χ3n) is 6.87. The van der Waals surface area contributed by atoms with Gasteiger partial charge in [0.15, 0.2) is 0 Å². The van der Waals surface area contributed by atoms with Gasteiger partial charge in [-0.3, -0.25) is 0 Å². The van der Waals surface area contributed by atoms with Crippen molar-refractivity contribution < 1.29 is 19.7 Å². The summed E-state index contributed by atoms with van der Waals surface area (Å²) in [7, 11) is 0. The molecular weight excluding hydrogens is 352 g/mol. The molecule has 0 aromatic heterocycles. The Hall–Kier alpha value is -1.91. The van der Waals surface area contributed by atoms with Crippen LogP contribution in [0.25, 0.3) is 6.08 Å².